The second-order valence-corrected chi connectivity index (χ2v) is 9.98. The van der Waals surface area contributed by atoms with Crippen molar-refractivity contribution in [1.29, 1.82) is 0 Å². The molecular weight excluding hydrogens is 371 g/mol. The molecule has 0 amide bonds. The smallest absolute Gasteiger partial charge is 0.325 e. The number of aliphatic carboxylic acids is 2. The van der Waals surface area contributed by atoms with Crippen molar-refractivity contribution < 1.29 is 32.8 Å². The molecule has 0 aromatic rings. The SMILES string of the molecule is CCCCCC[CH]([Na])CCCCCC.O=C(O)CC(C(=O)O)S(=O)(=O)O. The summed E-state index contributed by atoms with van der Waals surface area (Å²) in [5.41, 5.74) is 0. The maximum Gasteiger partial charge on any atom is 0.325 e. The first-order valence-corrected chi connectivity index (χ1v) is 12.1. The summed E-state index contributed by atoms with van der Waals surface area (Å²) in [6.45, 7) is 4.59. The van der Waals surface area contributed by atoms with Gasteiger partial charge in [-0.1, -0.05) is 0 Å². The van der Waals surface area contributed by atoms with Crippen LogP contribution in [0.2, 0.25) is 3.17 Å². The van der Waals surface area contributed by atoms with E-state index in [9.17, 15) is 18.0 Å². The number of hydrogen-bond acceptors (Lipinski definition) is 4. The van der Waals surface area contributed by atoms with Crippen molar-refractivity contribution in [3.8, 4) is 0 Å². The van der Waals surface area contributed by atoms with Gasteiger partial charge in [0.2, 0.25) is 0 Å². The zero-order valence-electron chi connectivity index (χ0n) is 16.3. The molecule has 0 aromatic carbocycles. The first-order chi connectivity index (χ1) is 12.1. The van der Waals surface area contributed by atoms with Gasteiger partial charge in [-0.2, -0.15) is 8.42 Å². The summed E-state index contributed by atoms with van der Waals surface area (Å²) >= 11 is 1.43. The van der Waals surface area contributed by atoms with Gasteiger partial charge >= 0.3 is 121 Å². The maximum atomic E-state index is 10.2. The number of carbonyl (C=O) groups is 2. The van der Waals surface area contributed by atoms with Crippen molar-refractivity contribution in [3.05, 3.63) is 0 Å². The maximum absolute atomic E-state index is 10.2. The molecule has 0 aliphatic carbocycles. The van der Waals surface area contributed by atoms with E-state index in [-0.39, 0.29) is 0 Å². The molecule has 0 fully saturated rings. The van der Waals surface area contributed by atoms with Crippen LogP contribution in [0.15, 0.2) is 0 Å². The zero-order chi connectivity index (χ0) is 20.6. The van der Waals surface area contributed by atoms with Gasteiger partial charge < -0.3 is 10.2 Å². The molecule has 0 bridgehead atoms. The summed E-state index contributed by atoms with van der Waals surface area (Å²) in [6, 6.07) is 0. The number of carboxylic acid groups (broad SMARTS) is 2. The number of rotatable bonds is 14. The van der Waals surface area contributed by atoms with Crippen LogP contribution in [0.1, 0.15) is 84.5 Å². The van der Waals surface area contributed by atoms with Gasteiger partial charge in [-0.05, 0) is 0 Å². The van der Waals surface area contributed by atoms with Crippen LogP contribution in [0, 0.1) is 0 Å². The minimum absolute atomic E-state index is 1.11. The Morgan fingerprint density at radius 2 is 1.31 bits per heavy atom. The predicted octanol–water partition coefficient (Wildman–Crippen LogP) is 3.69. The Hall–Kier alpha value is -0.150. The molecule has 9 heteroatoms. The molecule has 0 spiro atoms. The molecular formula is C17H33NaO7S. The van der Waals surface area contributed by atoms with Gasteiger partial charge in [0, 0.05) is 0 Å². The van der Waals surface area contributed by atoms with E-state index in [1.54, 1.807) is 0 Å². The van der Waals surface area contributed by atoms with Crippen LogP contribution >= 0.6 is 0 Å². The van der Waals surface area contributed by atoms with E-state index < -0.39 is 33.7 Å². The van der Waals surface area contributed by atoms with E-state index in [1.807, 2.05) is 0 Å². The Labute approximate surface area is 175 Å². The quantitative estimate of drug-likeness (QED) is 0.229. The average molecular weight is 405 g/mol. The number of unbranched alkanes of at least 4 members (excludes halogenated alkanes) is 6. The van der Waals surface area contributed by atoms with Crippen LogP contribution in [-0.2, 0) is 19.7 Å². The Morgan fingerprint density at radius 1 is 0.885 bits per heavy atom. The predicted molar refractivity (Wildman–Crippen MR) is 102 cm³/mol. The summed E-state index contributed by atoms with van der Waals surface area (Å²) in [5.74, 6) is -3.50. The Kier molecular flexibility index (Phi) is 18.3. The molecule has 0 aliphatic rings. The summed E-state index contributed by atoms with van der Waals surface area (Å²) in [6.07, 6.45) is 13.5. The van der Waals surface area contributed by atoms with Crippen LogP contribution < -0.4 is 0 Å². The molecule has 7 nitrogen and oxygen atoms in total. The molecule has 0 saturated carbocycles. The number of carboxylic acids is 2. The van der Waals surface area contributed by atoms with Gasteiger partial charge in [0.15, 0.2) is 5.25 Å². The molecule has 0 heterocycles. The molecule has 0 saturated heterocycles. The Bertz CT molecular complexity index is 468. The minimum atomic E-state index is -4.84. The van der Waals surface area contributed by atoms with Gasteiger partial charge in [-0.25, -0.2) is 0 Å². The molecule has 0 aromatic heterocycles. The average Bonchev–Trinajstić information content (AvgIpc) is 2.52. The van der Waals surface area contributed by atoms with Gasteiger partial charge in [0.25, 0.3) is 10.1 Å². The van der Waals surface area contributed by atoms with E-state index >= 15 is 0 Å². The fraction of sp³-hybridized carbons (Fsp3) is 0.882. The zero-order valence-corrected chi connectivity index (χ0v) is 19.1. The Balaban J connectivity index is 0. The van der Waals surface area contributed by atoms with Crippen LogP contribution in [0.25, 0.3) is 0 Å². The topological polar surface area (TPSA) is 129 Å². The minimum Gasteiger partial charge on any atom is -0.481 e. The third-order valence-electron chi connectivity index (χ3n) is 4.10. The summed E-state index contributed by atoms with van der Waals surface area (Å²) in [4.78, 5) is 20.0. The van der Waals surface area contributed by atoms with Gasteiger partial charge in [0.05, 0.1) is 6.42 Å². The first kappa shape index (κ1) is 28.1. The fourth-order valence-electron chi connectivity index (χ4n) is 2.46. The van der Waals surface area contributed by atoms with E-state index in [0.29, 0.717) is 0 Å². The number of hydrogen-bond donors (Lipinski definition) is 3. The third kappa shape index (κ3) is 18.6. The molecule has 0 radical (unpaired) electrons. The fourth-order valence-corrected chi connectivity index (χ4v) is 3.89. The van der Waals surface area contributed by atoms with Crippen molar-refractivity contribution in [2.75, 3.05) is 0 Å². The normalized spacial score (nSPS) is 12.4. The Morgan fingerprint density at radius 3 is 1.54 bits per heavy atom. The van der Waals surface area contributed by atoms with Crippen molar-refractivity contribution in [1.82, 2.24) is 0 Å². The largest absolute Gasteiger partial charge is 0.481 e. The van der Waals surface area contributed by atoms with E-state index in [2.05, 4.69) is 13.8 Å². The van der Waals surface area contributed by atoms with Gasteiger partial charge in [-0.15, -0.1) is 0 Å². The molecule has 0 rings (SSSR count). The van der Waals surface area contributed by atoms with Crippen molar-refractivity contribution in [2.45, 2.75) is 92.9 Å². The van der Waals surface area contributed by atoms with Crippen LogP contribution in [0.4, 0.5) is 0 Å². The van der Waals surface area contributed by atoms with E-state index in [0.717, 1.165) is 3.17 Å². The van der Waals surface area contributed by atoms with Crippen molar-refractivity contribution in [2.24, 2.45) is 0 Å². The first-order valence-electron chi connectivity index (χ1n) is 9.47. The molecule has 1 atom stereocenters. The summed E-state index contributed by atoms with van der Waals surface area (Å²) in [7, 11) is -4.84. The molecule has 3 N–H and O–H groups in total. The second-order valence-electron chi connectivity index (χ2n) is 6.74. The van der Waals surface area contributed by atoms with Crippen LogP contribution in [0.5, 0.6) is 0 Å². The standard InChI is InChI=1S/C13H27.C4H6O7S.Na/c1-3-5-7-9-11-13-12-10-8-6-4-2;5-3(6)1-2(4(7)8)12(9,10)11;/h13H,3-12H2,1-2H3;2H,1H2,(H,5,6)(H,7,8)(H,9,10,11);. The second kappa shape index (κ2) is 17.0. The van der Waals surface area contributed by atoms with Crippen molar-refractivity contribution in [3.63, 3.8) is 0 Å². The van der Waals surface area contributed by atoms with Gasteiger partial charge in [-0.3, -0.25) is 14.1 Å². The molecule has 150 valence electrons. The summed E-state index contributed by atoms with van der Waals surface area (Å²) in [5, 5.41) is 13.9. The van der Waals surface area contributed by atoms with E-state index in [1.165, 1.54) is 92.1 Å². The van der Waals surface area contributed by atoms with Crippen LogP contribution in [0.3, 0.4) is 0 Å². The van der Waals surface area contributed by atoms with E-state index in [4.69, 9.17) is 14.8 Å². The molecule has 1 unspecified atom stereocenters. The van der Waals surface area contributed by atoms with Gasteiger partial charge in [0.1, 0.15) is 0 Å². The molecule has 0 aliphatic heterocycles. The summed E-state index contributed by atoms with van der Waals surface area (Å²) < 4.78 is 29.8. The monoisotopic (exact) mass is 404 g/mol. The third-order valence-corrected chi connectivity index (χ3v) is 6.34. The van der Waals surface area contributed by atoms with Crippen molar-refractivity contribution >= 4 is 50.0 Å². The molecule has 26 heavy (non-hydrogen) atoms. The van der Waals surface area contributed by atoms with Crippen LogP contribution in [-0.4, -0.2) is 68.3 Å².